The molecule has 3 heteroatoms. The molecular formula is C24H23NO2. The molecule has 3 aromatic carbocycles. The first-order chi connectivity index (χ1) is 13.1. The summed E-state index contributed by atoms with van der Waals surface area (Å²) in [7, 11) is 0. The number of aryl methyl sites for hydroxylation is 2. The Kier molecular flexibility index (Phi) is 6.06. The van der Waals surface area contributed by atoms with Crippen LogP contribution in [0, 0.1) is 13.8 Å². The predicted octanol–water partition coefficient (Wildman–Crippen LogP) is 5.69. The molecule has 27 heavy (non-hydrogen) atoms. The molecule has 0 spiro atoms. The molecular weight excluding hydrogens is 334 g/mol. The van der Waals surface area contributed by atoms with Crippen molar-refractivity contribution in [3.63, 3.8) is 0 Å². The molecule has 0 aromatic heterocycles. The summed E-state index contributed by atoms with van der Waals surface area (Å²) in [6.45, 7) is 4.47. The smallest absolute Gasteiger partial charge is 0.187 e. The Bertz CT molecular complexity index is 928. The molecule has 0 heterocycles. The molecule has 0 saturated heterocycles. The summed E-state index contributed by atoms with van der Waals surface area (Å²) in [5, 5.41) is 3.12. The van der Waals surface area contributed by atoms with Gasteiger partial charge in [0.05, 0.1) is 0 Å². The van der Waals surface area contributed by atoms with Gasteiger partial charge in [-0.2, -0.15) is 0 Å². The van der Waals surface area contributed by atoms with Crippen LogP contribution in [0.3, 0.4) is 0 Å². The molecule has 3 aromatic rings. The van der Waals surface area contributed by atoms with Gasteiger partial charge in [-0.05, 0) is 55.3 Å². The summed E-state index contributed by atoms with van der Waals surface area (Å²) < 4.78 is 5.77. The molecule has 0 aliphatic heterocycles. The molecule has 0 unspecified atom stereocenters. The van der Waals surface area contributed by atoms with E-state index in [9.17, 15) is 4.79 Å². The quantitative estimate of drug-likeness (QED) is 0.436. The lowest BCUT2D eigenvalue weighted by atomic mass is 10.0. The van der Waals surface area contributed by atoms with Crippen LogP contribution in [-0.4, -0.2) is 5.78 Å². The van der Waals surface area contributed by atoms with E-state index in [1.54, 1.807) is 12.3 Å². The van der Waals surface area contributed by atoms with Crippen LogP contribution in [0.15, 0.2) is 85.1 Å². The predicted molar refractivity (Wildman–Crippen MR) is 110 cm³/mol. The van der Waals surface area contributed by atoms with Crippen LogP contribution in [0.4, 0.5) is 5.69 Å². The number of hydrogen-bond acceptors (Lipinski definition) is 3. The summed E-state index contributed by atoms with van der Waals surface area (Å²) in [6.07, 6.45) is 3.23. The number of nitrogens with one attached hydrogen (secondary N) is 1. The minimum atomic E-state index is -0.00786. The highest BCUT2D eigenvalue weighted by atomic mass is 16.5. The Hall–Kier alpha value is -3.33. The first-order valence-corrected chi connectivity index (χ1v) is 8.93. The lowest BCUT2D eigenvalue weighted by Gasteiger charge is -2.07. The van der Waals surface area contributed by atoms with E-state index >= 15 is 0 Å². The van der Waals surface area contributed by atoms with E-state index in [0.29, 0.717) is 6.61 Å². The van der Waals surface area contributed by atoms with Crippen LogP contribution in [-0.2, 0) is 6.61 Å². The van der Waals surface area contributed by atoms with E-state index in [0.717, 1.165) is 33.7 Å². The van der Waals surface area contributed by atoms with E-state index < -0.39 is 0 Å². The van der Waals surface area contributed by atoms with Gasteiger partial charge >= 0.3 is 0 Å². The van der Waals surface area contributed by atoms with E-state index in [-0.39, 0.29) is 5.78 Å². The zero-order chi connectivity index (χ0) is 19.1. The highest BCUT2D eigenvalue weighted by molar-refractivity contribution is 6.05. The molecule has 0 bridgehead atoms. The van der Waals surface area contributed by atoms with Crippen molar-refractivity contribution in [3.8, 4) is 5.75 Å². The Labute approximate surface area is 160 Å². The van der Waals surface area contributed by atoms with Gasteiger partial charge in [-0.1, -0.05) is 48.0 Å². The maximum absolute atomic E-state index is 12.3. The maximum atomic E-state index is 12.3. The van der Waals surface area contributed by atoms with E-state index in [2.05, 4.69) is 5.32 Å². The van der Waals surface area contributed by atoms with Crippen molar-refractivity contribution in [2.45, 2.75) is 20.5 Å². The molecule has 136 valence electrons. The number of rotatable bonds is 7. The fraction of sp³-hybridized carbons (Fsp3) is 0.125. The Morgan fingerprint density at radius 2 is 1.70 bits per heavy atom. The first-order valence-electron chi connectivity index (χ1n) is 8.93. The van der Waals surface area contributed by atoms with Crippen LogP contribution < -0.4 is 10.1 Å². The van der Waals surface area contributed by atoms with Gasteiger partial charge in [-0.15, -0.1) is 0 Å². The standard InChI is InChI=1S/C24H23NO2/c1-18-8-9-19(2)23(16-18)24(26)14-15-25-21-10-12-22(13-11-21)27-17-20-6-4-3-5-7-20/h3-16,25H,17H2,1-2H3/b15-14+. The average molecular weight is 357 g/mol. The van der Waals surface area contributed by atoms with Crippen LogP contribution in [0.25, 0.3) is 0 Å². The molecule has 0 saturated carbocycles. The maximum Gasteiger partial charge on any atom is 0.187 e. The second-order valence-corrected chi connectivity index (χ2v) is 6.46. The fourth-order valence-corrected chi connectivity index (χ4v) is 2.69. The van der Waals surface area contributed by atoms with Crippen molar-refractivity contribution in [1.29, 1.82) is 0 Å². The van der Waals surface area contributed by atoms with Gasteiger partial charge in [-0.3, -0.25) is 4.79 Å². The highest BCUT2D eigenvalue weighted by Gasteiger charge is 2.05. The molecule has 0 amide bonds. The van der Waals surface area contributed by atoms with Crippen LogP contribution >= 0.6 is 0 Å². The number of anilines is 1. The molecule has 0 aliphatic carbocycles. The molecule has 0 radical (unpaired) electrons. The summed E-state index contributed by atoms with van der Waals surface area (Å²) in [6, 6.07) is 23.6. The number of ketones is 1. The van der Waals surface area contributed by atoms with Crippen molar-refractivity contribution >= 4 is 11.5 Å². The highest BCUT2D eigenvalue weighted by Crippen LogP contribution is 2.17. The topological polar surface area (TPSA) is 38.3 Å². The third-order valence-electron chi connectivity index (χ3n) is 4.25. The van der Waals surface area contributed by atoms with Gasteiger partial charge in [0, 0.05) is 23.5 Å². The third-order valence-corrected chi connectivity index (χ3v) is 4.25. The third kappa shape index (κ3) is 5.32. The molecule has 3 nitrogen and oxygen atoms in total. The minimum Gasteiger partial charge on any atom is -0.489 e. The molecule has 0 atom stereocenters. The molecule has 0 fully saturated rings. The van der Waals surface area contributed by atoms with Crippen molar-refractivity contribution in [2.75, 3.05) is 5.32 Å². The van der Waals surface area contributed by atoms with Gasteiger partial charge in [0.15, 0.2) is 5.78 Å². The Morgan fingerprint density at radius 1 is 0.963 bits per heavy atom. The van der Waals surface area contributed by atoms with Crippen molar-refractivity contribution in [1.82, 2.24) is 0 Å². The second-order valence-electron chi connectivity index (χ2n) is 6.46. The Balaban J connectivity index is 1.54. The van der Waals surface area contributed by atoms with Crippen molar-refractivity contribution < 1.29 is 9.53 Å². The van der Waals surface area contributed by atoms with Gasteiger partial charge in [-0.25, -0.2) is 0 Å². The average Bonchev–Trinajstić information content (AvgIpc) is 2.70. The lowest BCUT2D eigenvalue weighted by Crippen LogP contribution is -2.00. The normalized spacial score (nSPS) is 10.7. The molecule has 0 aliphatic rings. The van der Waals surface area contributed by atoms with Gasteiger partial charge in [0.2, 0.25) is 0 Å². The number of carbonyl (C=O) groups excluding carboxylic acids is 1. The summed E-state index contributed by atoms with van der Waals surface area (Å²) in [5.74, 6) is 0.798. The number of hydrogen-bond donors (Lipinski definition) is 1. The SMILES string of the molecule is Cc1ccc(C)c(C(=O)/C=C/Nc2ccc(OCc3ccccc3)cc2)c1. The van der Waals surface area contributed by atoms with E-state index in [1.807, 2.05) is 86.6 Å². The van der Waals surface area contributed by atoms with Crippen LogP contribution in [0.2, 0.25) is 0 Å². The van der Waals surface area contributed by atoms with E-state index in [4.69, 9.17) is 4.74 Å². The van der Waals surface area contributed by atoms with Gasteiger partial charge in [0.25, 0.3) is 0 Å². The Morgan fingerprint density at radius 3 is 2.44 bits per heavy atom. The zero-order valence-corrected chi connectivity index (χ0v) is 15.6. The number of allylic oxidation sites excluding steroid dienone is 1. The second kappa shape index (κ2) is 8.86. The lowest BCUT2D eigenvalue weighted by molar-refractivity contribution is 0.104. The minimum absolute atomic E-state index is 0.00786. The van der Waals surface area contributed by atoms with Crippen LogP contribution in [0.5, 0.6) is 5.75 Å². The first kappa shape index (κ1) is 18.5. The zero-order valence-electron chi connectivity index (χ0n) is 15.6. The van der Waals surface area contributed by atoms with Crippen molar-refractivity contribution in [2.24, 2.45) is 0 Å². The number of ether oxygens (including phenoxy) is 1. The van der Waals surface area contributed by atoms with Gasteiger partial charge in [0.1, 0.15) is 12.4 Å². The van der Waals surface area contributed by atoms with Gasteiger partial charge < -0.3 is 10.1 Å². The summed E-state index contributed by atoms with van der Waals surface area (Å²) in [4.78, 5) is 12.3. The fourth-order valence-electron chi connectivity index (χ4n) is 2.69. The largest absolute Gasteiger partial charge is 0.489 e. The monoisotopic (exact) mass is 357 g/mol. The number of carbonyl (C=O) groups is 1. The summed E-state index contributed by atoms with van der Waals surface area (Å²) in [5.41, 5.74) is 4.82. The molecule has 1 N–H and O–H groups in total. The van der Waals surface area contributed by atoms with Crippen molar-refractivity contribution in [3.05, 3.63) is 107 Å². The van der Waals surface area contributed by atoms with Crippen LogP contribution in [0.1, 0.15) is 27.0 Å². The number of benzene rings is 3. The summed E-state index contributed by atoms with van der Waals surface area (Å²) >= 11 is 0. The van der Waals surface area contributed by atoms with E-state index in [1.165, 1.54) is 0 Å². The molecule has 3 rings (SSSR count).